The highest BCUT2D eigenvalue weighted by atomic mass is 16.5. The molecule has 1 aromatic rings. The van der Waals surface area contributed by atoms with Crippen LogP contribution in [0.5, 0.6) is 5.75 Å². The lowest BCUT2D eigenvalue weighted by Gasteiger charge is -2.05. The maximum absolute atomic E-state index is 7.62. The molecule has 130 valence electrons. The summed E-state index contributed by atoms with van der Waals surface area (Å²) >= 11 is 0. The average molecular weight is 314 g/mol. The first-order valence-corrected chi connectivity index (χ1v) is 8.27. The molecule has 0 spiro atoms. The highest BCUT2D eigenvalue weighted by molar-refractivity contribution is 5.20. The fraction of sp³-hybridized carbons (Fsp3) is 0.667. The van der Waals surface area contributed by atoms with Crippen molar-refractivity contribution in [2.24, 2.45) is 0 Å². The summed E-state index contributed by atoms with van der Waals surface area (Å²) in [6, 6.07) is 10.1. The molecule has 3 N–H and O–H groups in total. The van der Waals surface area contributed by atoms with Gasteiger partial charge in [-0.2, -0.15) is 0 Å². The molecule has 1 aromatic carbocycles. The highest BCUT2D eigenvalue weighted by Gasteiger charge is 1.92. The van der Waals surface area contributed by atoms with Crippen LogP contribution in [-0.2, 0) is 0 Å². The molecule has 1 rings (SSSR count). The van der Waals surface area contributed by atoms with E-state index in [1.54, 1.807) is 6.92 Å². The topological polar surface area (TPSA) is 69.9 Å². The standard InChI is InChI=1S/C14H22O.C2H6O2.C2H6O/c1-2-3-4-5-6-10-13-15-14-11-8-7-9-12-14;3-1-2-4;1-2-3/h7-9,11-12H,2-6,10,13H2,1H3;3-4H,1-2H2;3H,2H2,1H3. The molecule has 0 atom stereocenters. The average Bonchev–Trinajstić information content (AvgIpc) is 2.56. The molecule has 0 unspecified atom stereocenters. The number of ether oxygens (including phenoxy) is 1. The largest absolute Gasteiger partial charge is 0.494 e. The van der Waals surface area contributed by atoms with Gasteiger partial charge >= 0.3 is 0 Å². The number of hydrogen-bond acceptors (Lipinski definition) is 4. The Kier molecular flexibility index (Phi) is 23.4. The summed E-state index contributed by atoms with van der Waals surface area (Å²) < 4.78 is 5.61. The molecule has 0 saturated heterocycles. The van der Waals surface area contributed by atoms with E-state index in [1.807, 2.05) is 30.3 Å². The molecule has 0 aromatic heterocycles. The fourth-order valence-corrected chi connectivity index (χ4v) is 1.59. The number of aliphatic hydroxyl groups excluding tert-OH is 3. The van der Waals surface area contributed by atoms with E-state index in [0.29, 0.717) is 0 Å². The first-order chi connectivity index (χ1) is 10.8. The third-order valence-corrected chi connectivity index (χ3v) is 2.61. The Balaban J connectivity index is 0. The van der Waals surface area contributed by atoms with Crippen LogP contribution in [0.2, 0.25) is 0 Å². The number of unbranched alkanes of at least 4 members (excludes halogenated alkanes) is 5. The Bertz CT molecular complexity index is 276. The number of para-hydroxylation sites is 1. The minimum Gasteiger partial charge on any atom is -0.494 e. The van der Waals surface area contributed by atoms with Crippen LogP contribution < -0.4 is 4.74 Å². The quantitative estimate of drug-likeness (QED) is 0.611. The smallest absolute Gasteiger partial charge is 0.119 e. The molecular weight excluding hydrogens is 280 g/mol. The van der Waals surface area contributed by atoms with Gasteiger partial charge in [0.25, 0.3) is 0 Å². The number of benzene rings is 1. The molecule has 0 aliphatic heterocycles. The van der Waals surface area contributed by atoms with E-state index in [-0.39, 0.29) is 19.8 Å². The van der Waals surface area contributed by atoms with E-state index >= 15 is 0 Å². The van der Waals surface area contributed by atoms with Gasteiger partial charge < -0.3 is 20.1 Å². The van der Waals surface area contributed by atoms with E-state index in [9.17, 15) is 0 Å². The molecule has 0 aliphatic rings. The lowest BCUT2D eigenvalue weighted by molar-refractivity contribution is 0.186. The lowest BCUT2D eigenvalue weighted by Crippen LogP contribution is -1.96. The zero-order valence-electron chi connectivity index (χ0n) is 14.2. The Hall–Kier alpha value is -1.10. The summed E-state index contributed by atoms with van der Waals surface area (Å²) in [4.78, 5) is 0. The Morgan fingerprint density at radius 1 is 0.773 bits per heavy atom. The van der Waals surface area contributed by atoms with Crippen LogP contribution in [0, 0.1) is 0 Å². The molecule has 0 amide bonds. The molecule has 0 saturated carbocycles. The van der Waals surface area contributed by atoms with E-state index in [1.165, 1.54) is 38.5 Å². The summed E-state index contributed by atoms with van der Waals surface area (Å²) in [7, 11) is 0. The fourth-order valence-electron chi connectivity index (χ4n) is 1.59. The zero-order valence-corrected chi connectivity index (χ0v) is 14.2. The van der Waals surface area contributed by atoms with Crippen LogP contribution in [0.25, 0.3) is 0 Å². The minimum absolute atomic E-state index is 0.125. The van der Waals surface area contributed by atoms with Gasteiger partial charge in [0, 0.05) is 6.61 Å². The van der Waals surface area contributed by atoms with Gasteiger partial charge in [0.1, 0.15) is 5.75 Å². The first-order valence-electron chi connectivity index (χ1n) is 8.27. The van der Waals surface area contributed by atoms with E-state index in [0.717, 1.165) is 12.4 Å². The molecule has 4 heteroatoms. The summed E-state index contributed by atoms with van der Waals surface area (Å²) in [5, 5.41) is 22.8. The summed E-state index contributed by atoms with van der Waals surface area (Å²) in [6.45, 7) is 4.79. The SMILES string of the molecule is CCCCCCCCOc1ccccc1.CCO.OCCO. The maximum atomic E-state index is 7.62. The van der Waals surface area contributed by atoms with E-state index in [2.05, 4.69) is 6.92 Å². The number of hydrogen-bond donors (Lipinski definition) is 3. The predicted molar refractivity (Wildman–Crippen MR) is 92.2 cm³/mol. The zero-order chi connectivity index (χ0) is 16.9. The highest BCUT2D eigenvalue weighted by Crippen LogP contribution is 2.10. The summed E-state index contributed by atoms with van der Waals surface area (Å²) in [5.74, 6) is 0.992. The van der Waals surface area contributed by atoms with E-state index < -0.39 is 0 Å². The van der Waals surface area contributed by atoms with Crippen LogP contribution in [-0.4, -0.2) is 41.7 Å². The predicted octanol–water partition coefficient (Wildman–Crippen LogP) is 3.40. The van der Waals surface area contributed by atoms with Crippen LogP contribution in [0.3, 0.4) is 0 Å². The number of rotatable bonds is 9. The van der Waals surface area contributed by atoms with Crippen molar-refractivity contribution in [1.29, 1.82) is 0 Å². The van der Waals surface area contributed by atoms with Gasteiger partial charge in [-0.05, 0) is 25.5 Å². The van der Waals surface area contributed by atoms with Crippen LogP contribution in [0.15, 0.2) is 30.3 Å². The molecule has 0 bridgehead atoms. The Morgan fingerprint density at radius 3 is 1.77 bits per heavy atom. The van der Waals surface area contributed by atoms with Crippen molar-refractivity contribution in [3.8, 4) is 5.75 Å². The minimum atomic E-state index is -0.125. The van der Waals surface area contributed by atoms with Gasteiger partial charge in [0.15, 0.2) is 0 Å². The third-order valence-electron chi connectivity index (χ3n) is 2.61. The van der Waals surface area contributed by atoms with Crippen molar-refractivity contribution in [1.82, 2.24) is 0 Å². The third kappa shape index (κ3) is 21.2. The molecule has 0 heterocycles. The first kappa shape index (κ1) is 23.2. The van der Waals surface area contributed by atoms with Gasteiger partial charge in [0.05, 0.1) is 19.8 Å². The molecule has 0 radical (unpaired) electrons. The van der Waals surface area contributed by atoms with Gasteiger partial charge in [-0.25, -0.2) is 0 Å². The summed E-state index contributed by atoms with van der Waals surface area (Å²) in [6.07, 6.45) is 7.90. The monoisotopic (exact) mass is 314 g/mol. The van der Waals surface area contributed by atoms with Gasteiger partial charge in [-0.15, -0.1) is 0 Å². The van der Waals surface area contributed by atoms with Crippen molar-refractivity contribution >= 4 is 0 Å². The molecule has 0 aliphatic carbocycles. The van der Waals surface area contributed by atoms with Crippen molar-refractivity contribution in [3.63, 3.8) is 0 Å². The van der Waals surface area contributed by atoms with Crippen molar-refractivity contribution in [2.45, 2.75) is 52.4 Å². The Labute approximate surface area is 135 Å². The second kappa shape index (κ2) is 22.2. The van der Waals surface area contributed by atoms with Crippen molar-refractivity contribution in [3.05, 3.63) is 30.3 Å². The summed E-state index contributed by atoms with van der Waals surface area (Å²) in [5.41, 5.74) is 0. The molecule has 0 fully saturated rings. The normalized spacial score (nSPS) is 9.14. The Morgan fingerprint density at radius 2 is 1.27 bits per heavy atom. The van der Waals surface area contributed by atoms with Crippen LogP contribution >= 0.6 is 0 Å². The van der Waals surface area contributed by atoms with Crippen molar-refractivity contribution in [2.75, 3.05) is 26.4 Å². The second-order valence-corrected chi connectivity index (χ2v) is 4.69. The molecule has 4 nitrogen and oxygen atoms in total. The van der Waals surface area contributed by atoms with Gasteiger partial charge in [-0.1, -0.05) is 57.2 Å². The lowest BCUT2D eigenvalue weighted by atomic mass is 10.1. The molecule has 22 heavy (non-hydrogen) atoms. The van der Waals surface area contributed by atoms with Crippen LogP contribution in [0.4, 0.5) is 0 Å². The van der Waals surface area contributed by atoms with Crippen molar-refractivity contribution < 1.29 is 20.1 Å². The maximum Gasteiger partial charge on any atom is 0.119 e. The second-order valence-electron chi connectivity index (χ2n) is 4.69. The number of aliphatic hydroxyl groups is 3. The van der Waals surface area contributed by atoms with Crippen LogP contribution in [0.1, 0.15) is 52.4 Å². The molecular formula is C18H34O4. The van der Waals surface area contributed by atoms with E-state index in [4.69, 9.17) is 20.1 Å². The van der Waals surface area contributed by atoms with Gasteiger partial charge in [-0.3, -0.25) is 0 Å². The van der Waals surface area contributed by atoms with Gasteiger partial charge in [0.2, 0.25) is 0 Å².